The van der Waals surface area contributed by atoms with E-state index >= 15 is 0 Å². The average molecular weight is 290 g/mol. The van der Waals surface area contributed by atoms with Crippen molar-refractivity contribution in [1.82, 2.24) is 0 Å². The van der Waals surface area contributed by atoms with Gasteiger partial charge in [-0.1, -0.05) is 54.1 Å². The van der Waals surface area contributed by atoms with Crippen LogP contribution < -0.4 is 0 Å². The summed E-state index contributed by atoms with van der Waals surface area (Å²) < 4.78 is 4.99. The van der Waals surface area contributed by atoms with Crippen molar-refractivity contribution in [2.24, 2.45) is 0 Å². The Bertz CT molecular complexity index is 843. The number of hydrogen-bond donors (Lipinski definition) is 0. The standard InChI is InChI=1S/C19H14O3/c1-13-9-11-15(12-10-13)18(20)22-19(21)17-8-4-6-14-5-2-3-7-16(14)17/h2-12H,1H3. The molecule has 0 bridgehead atoms. The Morgan fingerprint density at radius 2 is 1.45 bits per heavy atom. The first-order chi connectivity index (χ1) is 10.6. The van der Waals surface area contributed by atoms with E-state index in [0.717, 1.165) is 16.3 Å². The molecule has 3 heteroatoms. The highest BCUT2D eigenvalue weighted by atomic mass is 16.6. The number of rotatable bonds is 2. The summed E-state index contributed by atoms with van der Waals surface area (Å²) in [6.45, 7) is 1.93. The molecular formula is C19H14O3. The van der Waals surface area contributed by atoms with Crippen LogP contribution in [0, 0.1) is 6.92 Å². The molecule has 3 aromatic rings. The second-order valence-electron chi connectivity index (χ2n) is 5.07. The molecule has 0 spiro atoms. The number of carbonyl (C=O) groups excluding carboxylic acids is 2. The fourth-order valence-corrected chi connectivity index (χ4v) is 2.29. The molecule has 0 aromatic heterocycles. The van der Waals surface area contributed by atoms with Crippen molar-refractivity contribution in [1.29, 1.82) is 0 Å². The van der Waals surface area contributed by atoms with Gasteiger partial charge in [-0.05, 0) is 35.9 Å². The summed E-state index contributed by atoms with van der Waals surface area (Å²) >= 11 is 0. The number of ether oxygens (including phenoxy) is 1. The number of benzene rings is 3. The molecule has 0 fully saturated rings. The van der Waals surface area contributed by atoms with Gasteiger partial charge in [0.15, 0.2) is 0 Å². The van der Waals surface area contributed by atoms with Crippen molar-refractivity contribution in [3.05, 3.63) is 83.4 Å². The van der Waals surface area contributed by atoms with E-state index in [1.54, 1.807) is 36.4 Å². The summed E-state index contributed by atoms with van der Waals surface area (Å²) in [4.78, 5) is 24.3. The number of aryl methyl sites for hydroxylation is 1. The van der Waals surface area contributed by atoms with Crippen LogP contribution in [0.25, 0.3) is 10.8 Å². The summed E-state index contributed by atoms with van der Waals surface area (Å²) in [5.74, 6) is -1.28. The minimum Gasteiger partial charge on any atom is -0.386 e. The highest BCUT2D eigenvalue weighted by Gasteiger charge is 2.16. The zero-order valence-electron chi connectivity index (χ0n) is 12.1. The van der Waals surface area contributed by atoms with Crippen LogP contribution in [-0.2, 0) is 4.74 Å². The largest absolute Gasteiger partial charge is 0.386 e. The van der Waals surface area contributed by atoms with E-state index in [0.29, 0.717) is 11.1 Å². The van der Waals surface area contributed by atoms with E-state index in [-0.39, 0.29) is 0 Å². The first-order valence-electron chi connectivity index (χ1n) is 6.96. The molecule has 108 valence electrons. The summed E-state index contributed by atoms with van der Waals surface area (Å²) in [7, 11) is 0. The first-order valence-corrected chi connectivity index (χ1v) is 6.96. The molecule has 0 amide bonds. The number of carbonyl (C=O) groups is 2. The predicted molar refractivity (Wildman–Crippen MR) is 84.9 cm³/mol. The van der Waals surface area contributed by atoms with Crippen molar-refractivity contribution in [3.63, 3.8) is 0 Å². The maximum atomic E-state index is 12.3. The Labute approximate surface area is 128 Å². The summed E-state index contributed by atoms with van der Waals surface area (Å²) in [6.07, 6.45) is 0. The zero-order valence-corrected chi connectivity index (χ0v) is 12.1. The molecule has 3 nitrogen and oxygen atoms in total. The normalized spacial score (nSPS) is 10.4. The van der Waals surface area contributed by atoms with Crippen LogP contribution in [0.15, 0.2) is 66.7 Å². The lowest BCUT2D eigenvalue weighted by Gasteiger charge is -2.06. The van der Waals surface area contributed by atoms with Crippen LogP contribution in [0.4, 0.5) is 0 Å². The lowest BCUT2D eigenvalue weighted by Crippen LogP contribution is -2.13. The molecule has 0 saturated heterocycles. The Kier molecular flexibility index (Phi) is 3.71. The van der Waals surface area contributed by atoms with Crippen molar-refractivity contribution < 1.29 is 14.3 Å². The first kappa shape index (κ1) is 14.0. The summed E-state index contributed by atoms with van der Waals surface area (Å²) in [5.41, 5.74) is 1.79. The summed E-state index contributed by atoms with van der Waals surface area (Å²) in [6, 6.07) is 19.7. The van der Waals surface area contributed by atoms with Crippen molar-refractivity contribution in [2.45, 2.75) is 6.92 Å². The monoisotopic (exact) mass is 290 g/mol. The highest BCUT2D eigenvalue weighted by molar-refractivity contribution is 6.09. The maximum absolute atomic E-state index is 12.3. The van der Waals surface area contributed by atoms with Crippen molar-refractivity contribution in [2.75, 3.05) is 0 Å². The van der Waals surface area contributed by atoms with Crippen molar-refractivity contribution >= 4 is 22.7 Å². The van der Waals surface area contributed by atoms with Crippen LogP contribution in [-0.4, -0.2) is 11.9 Å². The molecule has 3 rings (SSSR count). The maximum Gasteiger partial charge on any atom is 0.346 e. The van der Waals surface area contributed by atoms with Crippen LogP contribution >= 0.6 is 0 Å². The van der Waals surface area contributed by atoms with Gasteiger partial charge in [-0.3, -0.25) is 0 Å². The van der Waals surface area contributed by atoms with Gasteiger partial charge >= 0.3 is 11.9 Å². The molecule has 3 aromatic carbocycles. The Hall–Kier alpha value is -2.94. The van der Waals surface area contributed by atoms with Gasteiger partial charge in [0.2, 0.25) is 0 Å². The van der Waals surface area contributed by atoms with Crippen LogP contribution in [0.1, 0.15) is 26.3 Å². The van der Waals surface area contributed by atoms with Crippen LogP contribution in [0.5, 0.6) is 0 Å². The second kappa shape index (κ2) is 5.82. The number of esters is 2. The second-order valence-corrected chi connectivity index (χ2v) is 5.07. The van der Waals surface area contributed by atoms with Crippen molar-refractivity contribution in [3.8, 4) is 0 Å². The van der Waals surface area contributed by atoms with Crippen LogP contribution in [0.2, 0.25) is 0 Å². The lowest BCUT2D eigenvalue weighted by molar-refractivity contribution is 0.0399. The van der Waals surface area contributed by atoms with Gasteiger partial charge in [0.1, 0.15) is 0 Å². The third-order valence-electron chi connectivity index (χ3n) is 3.48. The minimum absolute atomic E-state index is 0.360. The lowest BCUT2D eigenvalue weighted by atomic mass is 10.0. The number of fused-ring (bicyclic) bond motifs is 1. The SMILES string of the molecule is Cc1ccc(C(=O)OC(=O)c2cccc3ccccc23)cc1. The Morgan fingerprint density at radius 1 is 0.773 bits per heavy atom. The third kappa shape index (κ3) is 2.74. The average Bonchev–Trinajstić information content (AvgIpc) is 2.54. The van der Waals surface area contributed by atoms with E-state index in [2.05, 4.69) is 0 Å². The smallest absolute Gasteiger partial charge is 0.346 e. The molecule has 0 aliphatic rings. The van der Waals surface area contributed by atoms with Gasteiger partial charge in [0.05, 0.1) is 11.1 Å². The van der Waals surface area contributed by atoms with E-state index in [1.807, 2.05) is 37.3 Å². The fourth-order valence-electron chi connectivity index (χ4n) is 2.29. The Balaban J connectivity index is 1.87. The molecule has 0 heterocycles. The van der Waals surface area contributed by atoms with Gasteiger partial charge in [0, 0.05) is 0 Å². The van der Waals surface area contributed by atoms with E-state index < -0.39 is 11.9 Å². The van der Waals surface area contributed by atoms with Gasteiger partial charge < -0.3 is 4.74 Å². The molecule has 22 heavy (non-hydrogen) atoms. The minimum atomic E-state index is -0.641. The molecule has 0 saturated carbocycles. The third-order valence-corrected chi connectivity index (χ3v) is 3.48. The van der Waals surface area contributed by atoms with Gasteiger partial charge in [-0.15, -0.1) is 0 Å². The van der Waals surface area contributed by atoms with E-state index in [9.17, 15) is 9.59 Å². The predicted octanol–water partition coefficient (Wildman–Crippen LogP) is 4.15. The van der Waals surface area contributed by atoms with Gasteiger partial charge in [-0.25, -0.2) is 9.59 Å². The van der Waals surface area contributed by atoms with E-state index in [4.69, 9.17) is 4.74 Å². The topological polar surface area (TPSA) is 43.4 Å². The zero-order chi connectivity index (χ0) is 15.5. The van der Waals surface area contributed by atoms with Gasteiger partial charge in [-0.2, -0.15) is 0 Å². The quantitative estimate of drug-likeness (QED) is 0.526. The summed E-state index contributed by atoms with van der Waals surface area (Å²) in [5, 5.41) is 1.70. The fraction of sp³-hybridized carbons (Fsp3) is 0.0526. The number of hydrogen-bond acceptors (Lipinski definition) is 3. The molecule has 0 unspecified atom stereocenters. The molecule has 0 radical (unpaired) electrons. The highest BCUT2D eigenvalue weighted by Crippen LogP contribution is 2.19. The molecule has 0 atom stereocenters. The van der Waals surface area contributed by atoms with E-state index in [1.165, 1.54) is 0 Å². The molecular weight excluding hydrogens is 276 g/mol. The van der Waals surface area contributed by atoms with Gasteiger partial charge in [0.25, 0.3) is 0 Å². The molecule has 0 aliphatic heterocycles. The molecule has 0 aliphatic carbocycles. The van der Waals surface area contributed by atoms with Crippen LogP contribution in [0.3, 0.4) is 0 Å². The Morgan fingerprint density at radius 3 is 2.23 bits per heavy atom. The molecule has 0 N–H and O–H groups in total.